The van der Waals surface area contributed by atoms with Gasteiger partial charge in [-0.05, 0) is 19.0 Å². The highest BCUT2D eigenvalue weighted by Gasteiger charge is 2.22. The maximum Gasteiger partial charge on any atom is 0.251 e. The Morgan fingerprint density at radius 3 is 2.65 bits per heavy atom. The molecule has 0 aliphatic heterocycles. The van der Waals surface area contributed by atoms with Crippen LogP contribution in [0, 0.1) is 0 Å². The van der Waals surface area contributed by atoms with Gasteiger partial charge in [0.25, 0.3) is 5.56 Å². The highest BCUT2D eigenvalue weighted by molar-refractivity contribution is 7.99. The minimum absolute atomic E-state index is 0.113. The molecular formula is C15H19N3OS. The molecule has 5 heteroatoms. The molecule has 0 saturated carbocycles. The first kappa shape index (κ1) is 14.8. The van der Waals surface area contributed by atoms with Crippen LogP contribution in [-0.4, -0.2) is 22.3 Å². The molecule has 0 fully saturated rings. The molecule has 1 aromatic carbocycles. The first-order valence-corrected chi connectivity index (χ1v) is 7.56. The van der Waals surface area contributed by atoms with E-state index in [9.17, 15) is 4.79 Å². The van der Waals surface area contributed by atoms with Gasteiger partial charge in [-0.2, -0.15) is 0 Å². The van der Waals surface area contributed by atoms with Crippen LogP contribution in [0.3, 0.4) is 0 Å². The zero-order chi connectivity index (χ0) is 14.4. The molecule has 2 aromatic rings. The van der Waals surface area contributed by atoms with E-state index >= 15 is 0 Å². The Morgan fingerprint density at radius 2 is 2.05 bits per heavy atom. The minimum atomic E-state index is -0.113. The Labute approximate surface area is 123 Å². The lowest BCUT2D eigenvalue weighted by Gasteiger charge is -2.25. The molecule has 2 rings (SSSR count). The van der Waals surface area contributed by atoms with Crippen LogP contribution in [0.1, 0.15) is 24.9 Å². The molecule has 0 spiro atoms. The molecule has 0 amide bonds. The maximum absolute atomic E-state index is 11.3. The Balaban J connectivity index is 2.20. The number of benzene rings is 1. The van der Waals surface area contributed by atoms with Gasteiger partial charge in [0.15, 0.2) is 5.16 Å². The molecule has 2 atom stereocenters. The Bertz CT molecular complexity index is 585. The summed E-state index contributed by atoms with van der Waals surface area (Å²) < 4.78 is 0. The first-order valence-electron chi connectivity index (χ1n) is 6.68. The van der Waals surface area contributed by atoms with E-state index in [2.05, 4.69) is 34.3 Å². The third-order valence-corrected chi connectivity index (χ3v) is 4.49. The van der Waals surface area contributed by atoms with E-state index in [1.54, 1.807) is 18.0 Å². The van der Waals surface area contributed by atoms with Crippen molar-refractivity contribution in [3.05, 3.63) is 58.5 Å². The number of nitrogens with one attached hydrogen (secondary N) is 2. The van der Waals surface area contributed by atoms with E-state index in [-0.39, 0.29) is 11.6 Å². The van der Waals surface area contributed by atoms with Crippen molar-refractivity contribution in [2.75, 3.05) is 7.05 Å². The fourth-order valence-corrected chi connectivity index (χ4v) is 3.33. The summed E-state index contributed by atoms with van der Waals surface area (Å²) in [4.78, 5) is 18.3. The summed E-state index contributed by atoms with van der Waals surface area (Å²) in [6.07, 6.45) is 2.52. The number of H-pyrrole nitrogens is 1. The number of nitrogens with zero attached hydrogens (tertiary/aromatic N) is 1. The molecule has 0 aliphatic rings. The van der Waals surface area contributed by atoms with Crippen molar-refractivity contribution in [1.82, 2.24) is 15.3 Å². The van der Waals surface area contributed by atoms with Gasteiger partial charge in [-0.25, -0.2) is 4.98 Å². The van der Waals surface area contributed by atoms with E-state index < -0.39 is 0 Å². The summed E-state index contributed by atoms with van der Waals surface area (Å²) in [6, 6.07) is 12.0. The summed E-state index contributed by atoms with van der Waals surface area (Å²) in [5.41, 5.74) is 1.13. The molecule has 2 unspecified atom stereocenters. The summed E-state index contributed by atoms with van der Waals surface area (Å²) in [5.74, 6) is 0. The minimum Gasteiger partial charge on any atom is -0.312 e. The first-order chi connectivity index (χ1) is 9.74. The second kappa shape index (κ2) is 7.26. The average molecular weight is 289 g/mol. The van der Waals surface area contributed by atoms with E-state index in [1.165, 1.54) is 11.6 Å². The van der Waals surface area contributed by atoms with Gasteiger partial charge >= 0.3 is 0 Å². The number of hydrogen-bond acceptors (Lipinski definition) is 4. The Morgan fingerprint density at radius 1 is 1.30 bits per heavy atom. The molecule has 0 saturated heterocycles. The molecular weight excluding hydrogens is 270 g/mol. The standard InChI is InChI=1S/C15H19N3OS/c1-3-12(20-15-17-10-9-13(19)18-15)14(16-2)11-7-5-4-6-8-11/h4-10,12,14,16H,3H2,1-2H3,(H,17,18,19). The number of aromatic nitrogens is 2. The van der Waals surface area contributed by atoms with Crippen molar-refractivity contribution in [1.29, 1.82) is 0 Å². The number of rotatable bonds is 6. The number of hydrogen-bond donors (Lipinski definition) is 2. The fourth-order valence-electron chi connectivity index (χ4n) is 2.17. The third-order valence-electron chi connectivity index (χ3n) is 3.15. The molecule has 1 heterocycles. The summed E-state index contributed by atoms with van der Waals surface area (Å²) in [5, 5.41) is 4.33. The van der Waals surface area contributed by atoms with Crippen LogP contribution in [0.5, 0.6) is 0 Å². The molecule has 106 valence electrons. The van der Waals surface area contributed by atoms with Crippen LogP contribution in [0.25, 0.3) is 0 Å². The lowest BCUT2D eigenvalue weighted by Crippen LogP contribution is -2.27. The van der Waals surface area contributed by atoms with Crippen LogP contribution in [0.4, 0.5) is 0 Å². The fraction of sp³-hybridized carbons (Fsp3) is 0.333. The van der Waals surface area contributed by atoms with Crippen LogP contribution in [0.15, 0.2) is 52.5 Å². The third kappa shape index (κ3) is 3.71. The van der Waals surface area contributed by atoms with Crippen molar-refractivity contribution in [3.8, 4) is 0 Å². The molecule has 0 bridgehead atoms. The summed E-state index contributed by atoms with van der Waals surface area (Å²) >= 11 is 1.60. The quantitative estimate of drug-likeness (QED) is 0.634. The van der Waals surface area contributed by atoms with Gasteiger partial charge in [0.05, 0.1) is 0 Å². The topological polar surface area (TPSA) is 57.8 Å². The normalized spacial score (nSPS) is 13.9. The van der Waals surface area contributed by atoms with Crippen molar-refractivity contribution in [3.63, 3.8) is 0 Å². The van der Waals surface area contributed by atoms with E-state index in [1.807, 2.05) is 25.2 Å². The summed E-state index contributed by atoms with van der Waals surface area (Å²) in [7, 11) is 1.96. The second-order valence-electron chi connectivity index (χ2n) is 4.48. The van der Waals surface area contributed by atoms with Crippen molar-refractivity contribution >= 4 is 11.8 Å². The predicted octanol–water partition coefficient (Wildman–Crippen LogP) is 2.60. The van der Waals surface area contributed by atoms with Gasteiger partial charge in [0.1, 0.15) is 0 Å². The lowest BCUT2D eigenvalue weighted by atomic mass is 10.0. The van der Waals surface area contributed by atoms with Gasteiger partial charge in [-0.3, -0.25) is 4.79 Å². The highest BCUT2D eigenvalue weighted by atomic mass is 32.2. The van der Waals surface area contributed by atoms with Crippen molar-refractivity contribution in [2.24, 2.45) is 0 Å². The largest absolute Gasteiger partial charge is 0.312 e. The van der Waals surface area contributed by atoms with Gasteiger partial charge in [0, 0.05) is 23.6 Å². The smallest absolute Gasteiger partial charge is 0.251 e. The highest BCUT2D eigenvalue weighted by Crippen LogP contribution is 2.31. The van der Waals surface area contributed by atoms with Crippen LogP contribution < -0.4 is 10.9 Å². The zero-order valence-corrected chi connectivity index (χ0v) is 12.5. The molecule has 2 N–H and O–H groups in total. The molecule has 4 nitrogen and oxygen atoms in total. The van der Waals surface area contributed by atoms with Crippen molar-refractivity contribution in [2.45, 2.75) is 29.8 Å². The van der Waals surface area contributed by atoms with Gasteiger partial charge < -0.3 is 10.3 Å². The van der Waals surface area contributed by atoms with Gasteiger partial charge in [-0.1, -0.05) is 49.0 Å². The SMILES string of the molecule is CCC(Sc1nccc(=O)[nH]1)C(NC)c1ccccc1. The van der Waals surface area contributed by atoms with Crippen LogP contribution >= 0.6 is 11.8 Å². The molecule has 1 aromatic heterocycles. The Hall–Kier alpha value is -1.59. The van der Waals surface area contributed by atoms with E-state index in [0.29, 0.717) is 10.4 Å². The number of thioether (sulfide) groups is 1. The zero-order valence-electron chi connectivity index (χ0n) is 11.7. The molecule has 20 heavy (non-hydrogen) atoms. The monoisotopic (exact) mass is 289 g/mol. The maximum atomic E-state index is 11.3. The second-order valence-corrected chi connectivity index (χ2v) is 5.71. The van der Waals surface area contributed by atoms with E-state index in [4.69, 9.17) is 0 Å². The van der Waals surface area contributed by atoms with E-state index in [0.717, 1.165) is 6.42 Å². The number of aromatic amines is 1. The van der Waals surface area contributed by atoms with Gasteiger partial charge in [-0.15, -0.1) is 0 Å². The Kier molecular flexibility index (Phi) is 5.38. The van der Waals surface area contributed by atoms with Crippen LogP contribution in [0.2, 0.25) is 0 Å². The predicted molar refractivity (Wildman–Crippen MR) is 83.0 cm³/mol. The lowest BCUT2D eigenvalue weighted by molar-refractivity contribution is 0.554. The van der Waals surface area contributed by atoms with Crippen LogP contribution in [-0.2, 0) is 0 Å². The summed E-state index contributed by atoms with van der Waals surface area (Å²) in [6.45, 7) is 2.14. The molecule has 0 radical (unpaired) electrons. The molecule has 0 aliphatic carbocycles. The van der Waals surface area contributed by atoms with Gasteiger partial charge in [0.2, 0.25) is 0 Å². The van der Waals surface area contributed by atoms with Crippen molar-refractivity contribution < 1.29 is 0 Å². The average Bonchev–Trinajstić information content (AvgIpc) is 2.48.